The largest absolute Gasteiger partial charge is 0.495 e. The van der Waals surface area contributed by atoms with E-state index in [2.05, 4.69) is 10.6 Å². The number of likely N-dealkylation sites (N-methyl/N-ethyl adjacent to an activating group) is 1. The maximum Gasteiger partial charge on any atom is 0.241 e. The molecule has 0 aliphatic carbocycles. The number of rotatable bonds is 7. The van der Waals surface area contributed by atoms with Crippen LogP contribution in [-0.2, 0) is 9.59 Å². The van der Waals surface area contributed by atoms with E-state index >= 15 is 0 Å². The fourth-order valence-electron chi connectivity index (χ4n) is 3.10. The summed E-state index contributed by atoms with van der Waals surface area (Å²) < 4.78 is 5.24. The van der Waals surface area contributed by atoms with Crippen LogP contribution < -0.4 is 15.4 Å². The number of hydrogen-bond donors (Lipinski definition) is 2. The van der Waals surface area contributed by atoms with Crippen molar-refractivity contribution in [3.8, 4) is 5.75 Å². The third-order valence-electron chi connectivity index (χ3n) is 4.92. The van der Waals surface area contributed by atoms with Gasteiger partial charge in [0, 0.05) is 16.1 Å². The van der Waals surface area contributed by atoms with Gasteiger partial charge >= 0.3 is 0 Å². The fraction of sp³-hybridized carbons (Fsp3) is 0.217. The molecule has 156 valence electrons. The van der Waals surface area contributed by atoms with Crippen molar-refractivity contribution in [1.29, 1.82) is 0 Å². The number of carbonyl (C=O) groups is 2. The van der Waals surface area contributed by atoms with Gasteiger partial charge in [-0.15, -0.1) is 0 Å². The second-order valence-corrected chi connectivity index (χ2v) is 7.44. The van der Waals surface area contributed by atoms with Gasteiger partial charge in [0.2, 0.25) is 11.8 Å². The van der Waals surface area contributed by atoms with E-state index in [0.29, 0.717) is 16.5 Å². The Morgan fingerprint density at radius 3 is 2.53 bits per heavy atom. The average Bonchev–Trinajstić information content (AvgIpc) is 2.73. The molecule has 0 saturated heterocycles. The zero-order valence-corrected chi connectivity index (χ0v) is 17.9. The number of amides is 2. The number of halogens is 1. The molecule has 0 radical (unpaired) electrons. The van der Waals surface area contributed by atoms with E-state index in [1.165, 1.54) is 7.11 Å². The van der Waals surface area contributed by atoms with Crippen molar-refractivity contribution < 1.29 is 14.3 Å². The number of ether oxygens (including phenoxy) is 1. The average molecular weight is 426 g/mol. The molecule has 3 aromatic rings. The Hall–Kier alpha value is -3.09. The van der Waals surface area contributed by atoms with Crippen LogP contribution in [0.2, 0.25) is 5.02 Å². The number of nitrogens with one attached hydrogen (secondary N) is 2. The lowest BCUT2D eigenvalue weighted by Crippen LogP contribution is -2.43. The van der Waals surface area contributed by atoms with E-state index in [1.54, 1.807) is 37.1 Å². The molecule has 2 N–H and O–H groups in total. The van der Waals surface area contributed by atoms with E-state index in [9.17, 15) is 9.59 Å². The number of hydrogen-bond acceptors (Lipinski definition) is 4. The zero-order chi connectivity index (χ0) is 21.7. The minimum atomic E-state index is -0.518. The van der Waals surface area contributed by atoms with E-state index in [0.717, 1.165) is 16.5 Å². The second kappa shape index (κ2) is 9.61. The molecule has 30 heavy (non-hydrogen) atoms. The van der Waals surface area contributed by atoms with Crippen molar-refractivity contribution in [2.75, 3.05) is 31.3 Å². The smallest absolute Gasteiger partial charge is 0.241 e. The molecule has 6 nitrogen and oxygen atoms in total. The SMILES string of the molecule is COc1ccc(Cl)cc1NC(=O)CN(C)C(C)C(=O)Nc1cccc2ccccc12. The summed E-state index contributed by atoms with van der Waals surface area (Å²) in [5.74, 6) is 0.0435. The third-order valence-corrected chi connectivity index (χ3v) is 5.15. The van der Waals surface area contributed by atoms with Crippen LogP contribution in [0, 0.1) is 0 Å². The minimum Gasteiger partial charge on any atom is -0.495 e. The van der Waals surface area contributed by atoms with Crippen molar-refractivity contribution in [3.63, 3.8) is 0 Å². The third kappa shape index (κ3) is 5.09. The number of fused-ring (bicyclic) bond motifs is 1. The lowest BCUT2D eigenvalue weighted by molar-refractivity contribution is -0.122. The van der Waals surface area contributed by atoms with E-state index in [4.69, 9.17) is 16.3 Å². The highest BCUT2D eigenvalue weighted by Gasteiger charge is 2.21. The summed E-state index contributed by atoms with van der Waals surface area (Å²) in [6.07, 6.45) is 0. The van der Waals surface area contributed by atoms with E-state index in [-0.39, 0.29) is 18.4 Å². The van der Waals surface area contributed by atoms with E-state index in [1.807, 2.05) is 42.5 Å². The van der Waals surface area contributed by atoms with Gasteiger partial charge in [0.1, 0.15) is 5.75 Å². The Morgan fingerprint density at radius 1 is 1.03 bits per heavy atom. The molecular formula is C23H24ClN3O3. The molecule has 0 spiro atoms. The van der Waals surface area contributed by atoms with Gasteiger partial charge in [-0.3, -0.25) is 14.5 Å². The summed E-state index contributed by atoms with van der Waals surface area (Å²) in [5, 5.41) is 8.25. The van der Waals surface area contributed by atoms with Crippen LogP contribution in [0.3, 0.4) is 0 Å². The first-order valence-corrected chi connectivity index (χ1v) is 9.89. The van der Waals surface area contributed by atoms with Gasteiger partial charge in [-0.05, 0) is 43.6 Å². The molecular weight excluding hydrogens is 402 g/mol. The van der Waals surface area contributed by atoms with Gasteiger partial charge in [0.05, 0.1) is 25.4 Å². The summed E-state index contributed by atoms with van der Waals surface area (Å²) >= 11 is 6.00. The van der Waals surface area contributed by atoms with E-state index < -0.39 is 6.04 Å². The Morgan fingerprint density at radius 2 is 1.77 bits per heavy atom. The maximum absolute atomic E-state index is 12.8. The highest BCUT2D eigenvalue weighted by molar-refractivity contribution is 6.31. The van der Waals surface area contributed by atoms with Crippen molar-refractivity contribution >= 4 is 45.6 Å². The Labute approximate surface area is 180 Å². The van der Waals surface area contributed by atoms with Crippen LogP contribution in [0.5, 0.6) is 5.75 Å². The van der Waals surface area contributed by atoms with Crippen LogP contribution in [-0.4, -0.2) is 43.5 Å². The second-order valence-electron chi connectivity index (χ2n) is 7.00. The number of methoxy groups -OCH3 is 1. The predicted molar refractivity (Wildman–Crippen MR) is 121 cm³/mol. The lowest BCUT2D eigenvalue weighted by atomic mass is 10.1. The Balaban J connectivity index is 1.63. The molecule has 0 saturated carbocycles. The first-order valence-electron chi connectivity index (χ1n) is 9.51. The summed E-state index contributed by atoms with van der Waals surface area (Å²) in [4.78, 5) is 26.9. The quantitative estimate of drug-likeness (QED) is 0.588. The van der Waals surface area contributed by atoms with Gasteiger partial charge < -0.3 is 15.4 Å². The number of nitrogens with zero attached hydrogens (tertiary/aromatic N) is 1. The molecule has 0 aromatic heterocycles. The minimum absolute atomic E-state index is 0.0276. The van der Waals surface area contributed by atoms with Crippen molar-refractivity contribution in [2.45, 2.75) is 13.0 Å². The molecule has 0 heterocycles. The summed E-state index contributed by atoms with van der Waals surface area (Å²) in [6, 6.07) is 18.1. The molecule has 0 bridgehead atoms. The van der Waals surface area contributed by atoms with Crippen LogP contribution in [0.25, 0.3) is 10.8 Å². The van der Waals surface area contributed by atoms with Crippen LogP contribution >= 0.6 is 11.6 Å². The van der Waals surface area contributed by atoms with Crippen LogP contribution in [0.4, 0.5) is 11.4 Å². The number of benzene rings is 3. The lowest BCUT2D eigenvalue weighted by Gasteiger charge is -2.24. The topological polar surface area (TPSA) is 70.7 Å². The molecule has 7 heteroatoms. The first-order chi connectivity index (χ1) is 14.4. The van der Waals surface area contributed by atoms with Gasteiger partial charge in [0.25, 0.3) is 0 Å². The first kappa shape index (κ1) is 21.6. The molecule has 3 aromatic carbocycles. The molecule has 1 unspecified atom stereocenters. The molecule has 1 atom stereocenters. The molecule has 0 aliphatic heterocycles. The van der Waals surface area contributed by atoms with Crippen molar-refractivity contribution in [1.82, 2.24) is 4.90 Å². The molecule has 3 rings (SSSR count). The number of carbonyl (C=O) groups excluding carboxylic acids is 2. The van der Waals surface area contributed by atoms with Gasteiger partial charge in [-0.2, -0.15) is 0 Å². The summed E-state index contributed by atoms with van der Waals surface area (Å²) in [7, 11) is 3.24. The van der Waals surface area contributed by atoms with Crippen molar-refractivity contribution in [3.05, 3.63) is 65.7 Å². The molecule has 0 fully saturated rings. The standard InChI is InChI=1S/C23H24ClN3O3/c1-15(23(29)26-19-10-6-8-16-7-4-5-9-18(16)19)27(2)14-22(28)25-20-13-17(24)11-12-21(20)30-3/h4-13,15H,14H2,1-3H3,(H,25,28)(H,26,29). The monoisotopic (exact) mass is 425 g/mol. The summed E-state index contributed by atoms with van der Waals surface area (Å²) in [5.41, 5.74) is 1.22. The zero-order valence-electron chi connectivity index (χ0n) is 17.1. The van der Waals surface area contributed by atoms with Gasteiger partial charge in [-0.1, -0.05) is 48.0 Å². The number of anilines is 2. The molecule has 2 amide bonds. The van der Waals surface area contributed by atoms with Crippen LogP contribution in [0.1, 0.15) is 6.92 Å². The highest BCUT2D eigenvalue weighted by Crippen LogP contribution is 2.27. The maximum atomic E-state index is 12.8. The Kier molecular flexibility index (Phi) is 6.92. The van der Waals surface area contributed by atoms with Gasteiger partial charge in [0.15, 0.2) is 0 Å². The van der Waals surface area contributed by atoms with Crippen LogP contribution in [0.15, 0.2) is 60.7 Å². The normalized spacial score (nSPS) is 11.9. The predicted octanol–water partition coefficient (Wildman–Crippen LogP) is 4.40. The van der Waals surface area contributed by atoms with Crippen molar-refractivity contribution in [2.24, 2.45) is 0 Å². The fourth-order valence-corrected chi connectivity index (χ4v) is 3.27. The highest BCUT2D eigenvalue weighted by atomic mass is 35.5. The van der Waals surface area contributed by atoms with Gasteiger partial charge in [-0.25, -0.2) is 0 Å². The summed E-state index contributed by atoms with van der Waals surface area (Å²) in [6.45, 7) is 1.79. The molecule has 0 aliphatic rings. The Bertz CT molecular complexity index is 1070.